The van der Waals surface area contributed by atoms with Crippen LogP contribution in [0.2, 0.25) is 0 Å². The fraction of sp³-hybridized carbons (Fsp3) is 0.714. The standard InChI is InChI=1S/C14H23NO5S/c1-4-18-13(16)7-11-8-15-6-5-12(11)21-9-19-14(17)20-10(2)3/h7,10,12,15H,4-6,8-9H2,1-3H3/b11-7+. The van der Waals surface area contributed by atoms with Crippen molar-refractivity contribution in [1.82, 2.24) is 5.32 Å². The van der Waals surface area contributed by atoms with Gasteiger partial charge >= 0.3 is 12.1 Å². The predicted octanol–water partition coefficient (Wildman–Crippen LogP) is 2.09. The monoisotopic (exact) mass is 317 g/mol. The van der Waals surface area contributed by atoms with Crippen LogP contribution in [0.4, 0.5) is 4.79 Å². The molecule has 1 unspecified atom stereocenters. The Bertz CT molecular complexity index is 384. The van der Waals surface area contributed by atoms with Crippen molar-refractivity contribution in [1.29, 1.82) is 0 Å². The Morgan fingerprint density at radius 3 is 2.86 bits per heavy atom. The molecule has 1 N–H and O–H groups in total. The Kier molecular flexibility index (Phi) is 8.22. The molecule has 1 saturated heterocycles. The summed E-state index contributed by atoms with van der Waals surface area (Å²) in [4.78, 5) is 22.8. The number of nitrogens with one attached hydrogen (secondary N) is 1. The number of carbonyl (C=O) groups is 2. The molecule has 0 radical (unpaired) electrons. The number of esters is 1. The number of carbonyl (C=O) groups excluding carboxylic acids is 2. The molecule has 1 rings (SSSR count). The maximum Gasteiger partial charge on any atom is 0.509 e. The number of thioether (sulfide) groups is 1. The molecular formula is C14H23NO5S. The molecule has 1 aliphatic rings. The molecular weight excluding hydrogens is 294 g/mol. The molecule has 0 aliphatic carbocycles. The van der Waals surface area contributed by atoms with Crippen molar-refractivity contribution in [3.63, 3.8) is 0 Å². The Balaban J connectivity index is 2.43. The lowest BCUT2D eigenvalue weighted by atomic mass is 10.1. The van der Waals surface area contributed by atoms with E-state index in [-0.39, 0.29) is 23.3 Å². The molecule has 1 fully saturated rings. The average Bonchev–Trinajstić information content (AvgIpc) is 2.40. The Morgan fingerprint density at radius 1 is 1.43 bits per heavy atom. The third-order valence-electron chi connectivity index (χ3n) is 2.69. The Labute approximate surface area is 129 Å². The van der Waals surface area contributed by atoms with Gasteiger partial charge in [0, 0.05) is 17.9 Å². The van der Waals surface area contributed by atoms with Gasteiger partial charge in [0.25, 0.3) is 0 Å². The second kappa shape index (κ2) is 9.68. The van der Waals surface area contributed by atoms with Crippen LogP contribution in [0, 0.1) is 0 Å². The highest BCUT2D eigenvalue weighted by Gasteiger charge is 2.21. The van der Waals surface area contributed by atoms with Crippen LogP contribution in [0.25, 0.3) is 0 Å². The molecule has 0 spiro atoms. The molecule has 120 valence electrons. The van der Waals surface area contributed by atoms with Crippen LogP contribution in [-0.4, -0.2) is 49.1 Å². The van der Waals surface area contributed by atoms with Crippen molar-refractivity contribution in [2.75, 3.05) is 25.6 Å². The molecule has 1 heterocycles. The van der Waals surface area contributed by atoms with E-state index < -0.39 is 6.16 Å². The highest BCUT2D eigenvalue weighted by Crippen LogP contribution is 2.25. The molecule has 21 heavy (non-hydrogen) atoms. The van der Waals surface area contributed by atoms with Crippen molar-refractivity contribution < 1.29 is 23.8 Å². The van der Waals surface area contributed by atoms with Gasteiger partial charge in [0.1, 0.15) is 5.94 Å². The summed E-state index contributed by atoms with van der Waals surface area (Å²) in [6, 6.07) is 0. The third kappa shape index (κ3) is 7.38. The molecule has 0 aromatic carbocycles. The minimum Gasteiger partial charge on any atom is -0.463 e. The fourth-order valence-electron chi connectivity index (χ4n) is 1.83. The molecule has 6 nitrogen and oxygen atoms in total. The summed E-state index contributed by atoms with van der Waals surface area (Å²) in [5.74, 6) is -0.127. The maximum absolute atomic E-state index is 11.5. The summed E-state index contributed by atoms with van der Waals surface area (Å²) in [7, 11) is 0. The van der Waals surface area contributed by atoms with Crippen molar-refractivity contribution >= 4 is 23.9 Å². The van der Waals surface area contributed by atoms with Gasteiger partial charge < -0.3 is 19.5 Å². The van der Waals surface area contributed by atoms with E-state index in [1.165, 1.54) is 17.8 Å². The first-order chi connectivity index (χ1) is 10.0. The van der Waals surface area contributed by atoms with Crippen LogP contribution in [0.3, 0.4) is 0 Å². The minimum atomic E-state index is -0.664. The van der Waals surface area contributed by atoms with E-state index in [1.54, 1.807) is 20.8 Å². The number of ether oxygens (including phenoxy) is 3. The highest BCUT2D eigenvalue weighted by atomic mass is 32.2. The SMILES string of the molecule is CCOC(=O)/C=C1\CNCCC1SCOC(=O)OC(C)C. The zero-order chi connectivity index (χ0) is 15.7. The molecule has 1 atom stereocenters. The highest BCUT2D eigenvalue weighted by molar-refractivity contribution is 7.99. The summed E-state index contributed by atoms with van der Waals surface area (Å²) in [5, 5.41) is 3.36. The third-order valence-corrected chi connectivity index (χ3v) is 3.89. The molecule has 0 bridgehead atoms. The minimum absolute atomic E-state index is 0.141. The quantitative estimate of drug-likeness (QED) is 0.457. The summed E-state index contributed by atoms with van der Waals surface area (Å²) in [6.45, 7) is 7.18. The van der Waals surface area contributed by atoms with E-state index in [2.05, 4.69) is 5.32 Å². The molecule has 0 saturated carbocycles. The van der Waals surface area contributed by atoms with E-state index >= 15 is 0 Å². The number of hydrogen-bond acceptors (Lipinski definition) is 7. The average molecular weight is 317 g/mol. The fourth-order valence-corrected chi connectivity index (χ4v) is 2.80. The van der Waals surface area contributed by atoms with Gasteiger partial charge in [-0.3, -0.25) is 0 Å². The molecule has 1 aliphatic heterocycles. The van der Waals surface area contributed by atoms with E-state index in [0.717, 1.165) is 18.5 Å². The van der Waals surface area contributed by atoms with E-state index in [4.69, 9.17) is 14.2 Å². The number of rotatable bonds is 6. The van der Waals surface area contributed by atoms with Gasteiger partial charge in [-0.2, -0.15) is 0 Å². The first-order valence-corrected chi connectivity index (χ1v) is 8.10. The molecule has 7 heteroatoms. The van der Waals surface area contributed by atoms with Gasteiger partial charge in [-0.15, -0.1) is 11.8 Å². The second-order valence-corrected chi connectivity index (χ2v) is 5.91. The topological polar surface area (TPSA) is 73.9 Å². The van der Waals surface area contributed by atoms with Crippen LogP contribution < -0.4 is 5.32 Å². The smallest absolute Gasteiger partial charge is 0.463 e. The maximum atomic E-state index is 11.5. The van der Waals surface area contributed by atoms with E-state index in [1.807, 2.05) is 0 Å². The van der Waals surface area contributed by atoms with Crippen LogP contribution in [0.5, 0.6) is 0 Å². The summed E-state index contributed by atoms with van der Waals surface area (Å²) in [6.07, 6.45) is 1.54. The van der Waals surface area contributed by atoms with Gasteiger partial charge in [-0.25, -0.2) is 9.59 Å². The lowest BCUT2D eigenvalue weighted by molar-refractivity contribution is -0.137. The first-order valence-electron chi connectivity index (χ1n) is 7.05. The second-order valence-electron chi connectivity index (χ2n) is 4.77. The lowest BCUT2D eigenvalue weighted by Gasteiger charge is -2.25. The largest absolute Gasteiger partial charge is 0.509 e. The Hall–Kier alpha value is -1.21. The van der Waals surface area contributed by atoms with Gasteiger partial charge in [0.2, 0.25) is 0 Å². The molecule has 0 aromatic heterocycles. The van der Waals surface area contributed by atoms with Crippen molar-refractivity contribution in [2.24, 2.45) is 0 Å². The number of piperidine rings is 1. The van der Waals surface area contributed by atoms with Crippen LogP contribution in [0.1, 0.15) is 27.2 Å². The molecule has 0 amide bonds. The van der Waals surface area contributed by atoms with E-state index in [0.29, 0.717) is 13.2 Å². The van der Waals surface area contributed by atoms with Crippen LogP contribution in [-0.2, 0) is 19.0 Å². The van der Waals surface area contributed by atoms with Crippen molar-refractivity contribution in [2.45, 2.75) is 38.5 Å². The zero-order valence-corrected chi connectivity index (χ0v) is 13.5. The summed E-state index contributed by atoms with van der Waals surface area (Å²) >= 11 is 1.48. The zero-order valence-electron chi connectivity index (χ0n) is 12.7. The molecule has 0 aromatic rings. The van der Waals surface area contributed by atoms with Crippen LogP contribution >= 0.6 is 11.8 Å². The van der Waals surface area contributed by atoms with Crippen molar-refractivity contribution in [3.8, 4) is 0 Å². The van der Waals surface area contributed by atoms with Gasteiger partial charge in [-0.05, 0) is 39.3 Å². The first kappa shape index (κ1) is 17.8. The summed E-state index contributed by atoms with van der Waals surface area (Å²) in [5.41, 5.74) is 0.963. The van der Waals surface area contributed by atoms with E-state index in [9.17, 15) is 9.59 Å². The van der Waals surface area contributed by atoms with Crippen LogP contribution in [0.15, 0.2) is 11.6 Å². The predicted molar refractivity (Wildman–Crippen MR) is 81.2 cm³/mol. The van der Waals surface area contributed by atoms with Gasteiger partial charge in [0.05, 0.1) is 12.7 Å². The Morgan fingerprint density at radius 2 is 2.19 bits per heavy atom. The lowest BCUT2D eigenvalue weighted by Crippen LogP contribution is -2.33. The van der Waals surface area contributed by atoms with Gasteiger partial charge in [0.15, 0.2) is 0 Å². The van der Waals surface area contributed by atoms with Crippen molar-refractivity contribution in [3.05, 3.63) is 11.6 Å². The number of hydrogen-bond donors (Lipinski definition) is 1. The normalized spacial score (nSPS) is 20.4. The van der Waals surface area contributed by atoms with Gasteiger partial charge in [-0.1, -0.05) is 0 Å². The summed E-state index contributed by atoms with van der Waals surface area (Å²) < 4.78 is 14.8.